The molecule has 1 aromatic heterocycles. The van der Waals surface area contributed by atoms with Crippen molar-refractivity contribution in [3.8, 4) is 0 Å². The van der Waals surface area contributed by atoms with Crippen LogP contribution in [-0.2, 0) is 13.5 Å². The van der Waals surface area contributed by atoms with Gasteiger partial charge in [0.05, 0.1) is 6.33 Å². The Bertz CT molecular complexity index is 225. The van der Waals surface area contributed by atoms with E-state index in [-0.39, 0.29) is 0 Å². The van der Waals surface area contributed by atoms with Crippen molar-refractivity contribution in [3.05, 3.63) is 18.2 Å². The Morgan fingerprint density at radius 1 is 1.50 bits per heavy atom. The molecule has 0 saturated carbocycles. The summed E-state index contributed by atoms with van der Waals surface area (Å²) >= 11 is 0. The zero-order chi connectivity index (χ0) is 8.97. The summed E-state index contributed by atoms with van der Waals surface area (Å²) in [5.74, 6) is 0.818. The Kier molecular flexibility index (Phi) is 3.32. The Labute approximate surface area is 74.6 Å². The van der Waals surface area contributed by atoms with Crippen LogP contribution in [0.25, 0.3) is 0 Å². The number of hydrogen-bond donors (Lipinski definition) is 0. The highest BCUT2D eigenvalue weighted by Gasteiger charge is 1.99. The zero-order valence-corrected chi connectivity index (χ0v) is 8.25. The van der Waals surface area contributed by atoms with Crippen LogP contribution in [-0.4, -0.2) is 9.55 Å². The number of nitrogens with zero attached hydrogens (tertiary/aromatic N) is 2. The summed E-state index contributed by atoms with van der Waals surface area (Å²) in [6.07, 6.45) is 7.57. The summed E-state index contributed by atoms with van der Waals surface area (Å²) in [5, 5.41) is 0. The van der Waals surface area contributed by atoms with Crippen molar-refractivity contribution in [1.82, 2.24) is 9.55 Å². The van der Waals surface area contributed by atoms with Crippen LogP contribution in [0.15, 0.2) is 12.5 Å². The van der Waals surface area contributed by atoms with E-state index < -0.39 is 0 Å². The topological polar surface area (TPSA) is 17.8 Å². The van der Waals surface area contributed by atoms with Gasteiger partial charge in [-0.25, -0.2) is 4.98 Å². The molecule has 0 fully saturated rings. The van der Waals surface area contributed by atoms with E-state index in [1.54, 1.807) is 0 Å². The second-order valence-corrected chi connectivity index (χ2v) is 3.78. The van der Waals surface area contributed by atoms with Crippen molar-refractivity contribution >= 4 is 0 Å². The molecule has 2 nitrogen and oxygen atoms in total. The molecule has 0 aliphatic heterocycles. The third-order valence-electron chi connectivity index (χ3n) is 2.13. The molecule has 0 saturated heterocycles. The summed E-state index contributed by atoms with van der Waals surface area (Å²) in [7, 11) is 2.05. The molecule has 1 heterocycles. The lowest BCUT2D eigenvalue weighted by molar-refractivity contribution is 0.549. The maximum Gasteiger partial charge on any atom is 0.0945 e. The molecule has 1 aromatic rings. The molecular formula is C10H18N2. The van der Waals surface area contributed by atoms with Gasteiger partial charge in [0.25, 0.3) is 0 Å². The van der Waals surface area contributed by atoms with Crippen molar-refractivity contribution < 1.29 is 0 Å². The number of aryl methyl sites for hydroxylation is 2. The Morgan fingerprint density at radius 2 is 2.25 bits per heavy atom. The fourth-order valence-electron chi connectivity index (χ4n) is 1.32. The molecule has 0 aromatic carbocycles. The Balaban J connectivity index is 2.29. The zero-order valence-electron chi connectivity index (χ0n) is 8.25. The fourth-order valence-corrected chi connectivity index (χ4v) is 1.32. The minimum Gasteiger partial charge on any atom is -0.338 e. The van der Waals surface area contributed by atoms with E-state index in [1.807, 2.05) is 12.5 Å². The molecular weight excluding hydrogens is 148 g/mol. The third-order valence-corrected chi connectivity index (χ3v) is 2.13. The monoisotopic (exact) mass is 166 g/mol. The molecule has 2 heteroatoms. The second-order valence-electron chi connectivity index (χ2n) is 3.78. The smallest absolute Gasteiger partial charge is 0.0945 e. The predicted octanol–water partition coefficient (Wildman–Crippen LogP) is 2.40. The highest BCUT2D eigenvalue weighted by molar-refractivity contribution is 4.97. The van der Waals surface area contributed by atoms with Gasteiger partial charge in [0.2, 0.25) is 0 Å². The first kappa shape index (κ1) is 9.30. The second kappa shape index (κ2) is 4.29. The van der Waals surface area contributed by atoms with Crippen molar-refractivity contribution in [3.63, 3.8) is 0 Å². The van der Waals surface area contributed by atoms with E-state index in [2.05, 4.69) is 30.4 Å². The van der Waals surface area contributed by atoms with Crippen LogP contribution >= 0.6 is 0 Å². The van der Waals surface area contributed by atoms with Gasteiger partial charge in [0.1, 0.15) is 0 Å². The average molecular weight is 166 g/mol. The summed E-state index contributed by atoms with van der Waals surface area (Å²) < 4.78 is 2.10. The molecule has 0 bridgehead atoms. The molecule has 0 aliphatic carbocycles. The summed E-state index contributed by atoms with van der Waals surface area (Å²) in [4.78, 5) is 4.08. The number of imidazole rings is 1. The first-order chi connectivity index (χ1) is 5.70. The van der Waals surface area contributed by atoms with Crippen LogP contribution in [0, 0.1) is 5.92 Å². The molecule has 0 radical (unpaired) electrons. The minimum absolute atomic E-state index is 0.818. The van der Waals surface area contributed by atoms with Gasteiger partial charge in [-0.2, -0.15) is 0 Å². The molecule has 1 rings (SSSR count). The van der Waals surface area contributed by atoms with Gasteiger partial charge in [-0.15, -0.1) is 0 Å². The molecule has 0 amide bonds. The molecule has 12 heavy (non-hydrogen) atoms. The largest absolute Gasteiger partial charge is 0.338 e. The van der Waals surface area contributed by atoms with Crippen LogP contribution in [0.1, 0.15) is 32.4 Å². The Morgan fingerprint density at radius 3 is 2.75 bits per heavy atom. The normalized spacial score (nSPS) is 11.0. The molecule has 0 aliphatic rings. The van der Waals surface area contributed by atoms with Crippen molar-refractivity contribution in [2.75, 3.05) is 0 Å². The maximum atomic E-state index is 4.08. The van der Waals surface area contributed by atoms with Gasteiger partial charge in [-0.1, -0.05) is 20.3 Å². The Hall–Kier alpha value is -0.790. The van der Waals surface area contributed by atoms with Gasteiger partial charge in [0, 0.05) is 18.9 Å². The number of rotatable bonds is 4. The van der Waals surface area contributed by atoms with Crippen LogP contribution in [0.3, 0.4) is 0 Å². The fraction of sp³-hybridized carbons (Fsp3) is 0.700. The lowest BCUT2D eigenvalue weighted by Crippen LogP contribution is -1.96. The minimum atomic E-state index is 0.818. The summed E-state index contributed by atoms with van der Waals surface area (Å²) in [6, 6.07) is 0. The van der Waals surface area contributed by atoms with Gasteiger partial charge < -0.3 is 4.57 Å². The first-order valence-corrected chi connectivity index (χ1v) is 4.65. The van der Waals surface area contributed by atoms with E-state index in [1.165, 1.54) is 18.5 Å². The van der Waals surface area contributed by atoms with Gasteiger partial charge >= 0.3 is 0 Å². The van der Waals surface area contributed by atoms with Crippen LogP contribution < -0.4 is 0 Å². The SMILES string of the molecule is CC(C)CCCc1cncn1C. The van der Waals surface area contributed by atoms with Crippen molar-refractivity contribution in [1.29, 1.82) is 0 Å². The van der Waals surface area contributed by atoms with Crippen LogP contribution in [0.5, 0.6) is 0 Å². The van der Waals surface area contributed by atoms with E-state index in [4.69, 9.17) is 0 Å². The molecule has 0 atom stereocenters. The molecule has 68 valence electrons. The van der Waals surface area contributed by atoms with Crippen molar-refractivity contribution in [2.45, 2.75) is 33.1 Å². The maximum absolute atomic E-state index is 4.08. The van der Waals surface area contributed by atoms with Crippen LogP contribution in [0.2, 0.25) is 0 Å². The summed E-state index contributed by atoms with van der Waals surface area (Å²) in [5.41, 5.74) is 1.34. The highest BCUT2D eigenvalue weighted by Crippen LogP contribution is 2.08. The van der Waals surface area contributed by atoms with E-state index in [0.717, 1.165) is 12.3 Å². The van der Waals surface area contributed by atoms with Crippen LogP contribution in [0.4, 0.5) is 0 Å². The van der Waals surface area contributed by atoms with Gasteiger partial charge in [-0.3, -0.25) is 0 Å². The van der Waals surface area contributed by atoms with Gasteiger partial charge in [0.15, 0.2) is 0 Å². The molecule has 0 unspecified atom stereocenters. The van der Waals surface area contributed by atoms with Gasteiger partial charge in [-0.05, 0) is 18.8 Å². The highest BCUT2D eigenvalue weighted by atomic mass is 15.0. The third kappa shape index (κ3) is 2.68. The predicted molar refractivity (Wildman–Crippen MR) is 51.0 cm³/mol. The number of hydrogen-bond acceptors (Lipinski definition) is 1. The first-order valence-electron chi connectivity index (χ1n) is 4.65. The lowest BCUT2D eigenvalue weighted by atomic mass is 10.1. The van der Waals surface area contributed by atoms with E-state index in [9.17, 15) is 0 Å². The summed E-state index contributed by atoms with van der Waals surface area (Å²) in [6.45, 7) is 4.53. The quantitative estimate of drug-likeness (QED) is 0.671. The van der Waals surface area contributed by atoms with Crippen molar-refractivity contribution in [2.24, 2.45) is 13.0 Å². The average Bonchev–Trinajstić information content (AvgIpc) is 2.36. The lowest BCUT2D eigenvalue weighted by Gasteiger charge is -2.04. The van der Waals surface area contributed by atoms with E-state index in [0.29, 0.717) is 0 Å². The molecule has 0 N–H and O–H groups in total. The standard InChI is InChI=1S/C10H18N2/c1-9(2)5-4-6-10-7-11-8-12(10)3/h7-9H,4-6H2,1-3H3. The molecule has 0 spiro atoms. The number of aromatic nitrogens is 2. The van der Waals surface area contributed by atoms with E-state index >= 15 is 0 Å².